The lowest BCUT2D eigenvalue weighted by Crippen LogP contribution is -2.17. The Labute approximate surface area is 145 Å². The number of nitrogens with one attached hydrogen (secondary N) is 1. The van der Waals surface area contributed by atoms with Gasteiger partial charge in [0.05, 0.1) is 5.56 Å². The van der Waals surface area contributed by atoms with Crippen LogP contribution >= 0.6 is 11.3 Å². The predicted molar refractivity (Wildman–Crippen MR) is 90.7 cm³/mol. The maximum atomic E-state index is 13.0. The van der Waals surface area contributed by atoms with E-state index in [-0.39, 0.29) is 0 Å². The molecule has 1 aromatic carbocycles. The molecule has 0 saturated heterocycles. The second-order valence-corrected chi connectivity index (χ2v) is 6.41. The number of carbonyl (C=O) groups excluding carboxylic acids is 1. The average molecular weight is 365 g/mol. The number of aromatic nitrogens is 2. The molecule has 2 aromatic heterocycles. The Kier molecular flexibility index (Phi) is 4.38. The van der Waals surface area contributed by atoms with Gasteiger partial charge in [0.25, 0.3) is 5.91 Å². The van der Waals surface area contributed by atoms with E-state index in [9.17, 15) is 18.0 Å². The van der Waals surface area contributed by atoms with Crippen molar-refractivity contribution in [3.8, 4) is 11.1 Å². The molecule has 1 N–H and O–H groups in total. The number of benzene rings is 1. The van der Waals surface area contributed by atoms with E-state index in [0.717, 1.165) is 27.6 Å². The number of anilines is 1. The minimum Gasteiger partial charge on any atom is -0.313 e. The van der Waals surface area contributed by atoms with Crippen molar-refractivity contribution in [3.05, 3.63) is 58.7 Å². The molecule has 130 valence electrons. The molecule has 0 aliphatic rings. The number of carbonyl (C=O) groups is 1. The highest BCUT2D eigenvalue weighted by atomic mass is 32.1. The van der Waals surface area contributed by atoms with Gasteiger partial charge in [-0.1, -0.05) is 24.3 Å². The molecule has 1 amide bonds. The first kappa shape index (κ1) is 17.2. The number of rotatable bonds is 3. The van der Waals surface area contributed by atoms with Crippen LogP contribution in [0.25, 0.3) is 11.1 Å². The van der Waals surface area contributed by atoms with Gasteiger partial charge in [0.2, 0.25) is 0 Å². The number of alkyl halides is 3. The summed E-state index contributed by atoms with van der Waals surface area (Å²) >= 11 is 1.26. The zero-order valence-corrected chi connectivity index (χ0v) is 14.2. The summed E-state index contributed by atoms with van der Waals surface area (Å²) in [6.07, 6.45) is -3.62. The van der Waals surface area contributed by atoms with Crippen molar-refractivity contribution in [2.45, 2.75) is 13.1 Å². The number of hydrogen-bond acceptors (Lipinski definition) is 3. The maximum Gasteiger partial charge on any atom is 0.435 e. The molecule has 2 heterocycles. The molecule has 8 heteroatoms. The van der Waals surface area contributed by atoms with Crippen LogP contribution in [0, 0.1) is 6.92 Å². The summed E-state index contributed by atoms with van der Waals surface area (Å²) in [5.74, 6) is -0.835. The molecule has 0 aliphatic carbocycles. The lowest BCUT2D eigenvalue weighted by Gasteiger charge is -2.09. The second-order valence-electron chi connectivity index (χ2n) is 5.50. The highest BCUT2D eigenvalue weighted by Crippen LogP contribution is 2.36. The molecule has 25 heavy (non-hydrogen) atoms. The van der Waals surface area contributed by atoms with Crippen molar-refractivity contribution in [2.24, 2.45) is 7.05 Å². The summed E-state index contributed by atoms with van der Waals surface area (Å²) in [5, 5.41) is 8.23. The average Bonchev–Trinajstić information content (AvgIpc) is 3.14. The van der Waals surface area contributed by atoms with Crippen molar-refractivity contribution in [2.75, 3.05) is 5.32 Å². The third-order valence-corrected chi connectivity index (χ3v) is 4.50. The maximum absolute atomic E-state index is 13.0. The third-order valence-electron chi connectivity index (χ3n) is 3.67. The smallest absolute Gasteiger partial charge is 0.313 e. The molecular formula is C17H14F3N3OS. The first-order valence-corrected chi connectivity index (χ1v) is 8.21. The normalized spacial score (nSPS) is 11.6. The van der Waals surface area contributed by atoms with Crippen molar-refractivity contribution in [3.63, 3.8) is 0 Å². The van der Waals surface area contributed by atoms with E-state index in [4.69, 9.17) is 0 Å². The Morgan fingerprint density at radius 3 is 2.60 bits per heavy atom. The van der Waals surface area contributed by atoms with Gasteiger partial charge in [-0.15, -0.1) is 11.3 Å². The Morgan fingerprint density at radius 2 is 1.92 bits per heavy atom. The molecular weight excluding hydrogens is 351 g/mol. The van der Waals surface area contributed by atoms with Gasteiger partial charge in [-0.2, -0.15) is 18.3 Å². The molecule has 3 aromatic rings. The minimum absolute atomic E-state index is 0.497. The zero-order chi connectivity index (χ0) is 18.2. The fourth-order valence-electron chi connectivity index (χ4n) is 2.53. The quantitative estimate of drug-likeness (QED) is 0.729. The Balaban J connectivity index is 1.94. The van der Waals surface area contributed by atoms with E-state index >= 15 is 0 Å². The third kappa shape index (κ3) is 3.43. The van der Waals surface area contributed by atoms with Gasteiger partial charge in [0, 0.05) is 18.8 Å². The van der Waals surface area contributed by atoms with Crippen LogP contribution in [-0.4, -0.2) is 15.7 Å². The van der Waals surface area contributed by atoms with Gasteiger partial charge < -0.3 is 5.32 Å². The molecule has 0 radical (unpaired) electrons. The van der Waals surface area contributed by atoms with Gasteiger partial charge >= 0.3 is 6.18 Å². The van der Waals surface area contributed by atoms with E-state index in [0.29, 0.717) is 5.00 Å². The fraction of sp³-hybridized carbons (Fsp3) is 0.176. The molecule has 0 aliphatic heterocycles. The monoisotopic (exact) mass is 365 g/mol. The largest absolute Gasteiger partial charge is 0.435 e. The van der Waals surface area contributed by atoms with Crippen LogP contribution in [0.2, 0.25) is 0 Å². The number of nitrogens with zero attached hydrogens (tertiary/aromatic N) is 2. The minimum atomic E-state index is -4.69. The lowest BCUT2D eigenvalue weighted by molar-refractivity contribution is -0.141. The first-order chi connectivity index (χ1) is 11.8. The topological polar surface area (TPSA) is 46.9 Å². The Bertz CT molecular complexity index is 927. The molecule has 3 rings (SSSR count). The lowest BCUT2D eigenvalue weighted by atomic mass is 10.0. The molecule has 0 atom stereocenters. The van der Waals surface area contributed by atoms with Crippen molar-refractivity contribution < 1.29 is 18.0 Å². The molecule has 0 fully saturated rings. The highest BCUT2D eigenvalue weighted by molar-refractivity contribution is 7.15. The van der Waals surface area contributed by atoms with Crippen LogP contribution < -0.4 is 5.32 Å². The summed E-state index contributed by atoms with van der Waals surface area (Å²) in [4.78, 5) is 12.4. The number of halogens is 3. The van der Waals surface area contributed by atoms with Gasteiger partial charge in [-0.3, -0.25) is 9.48 Å². The van der Waals surface area contributed by atoms with Gasteiger partial charge in [0.15, 0.2) is 5.69 Å². The first-order valence-electron chi connectivity index (χ1n) is 7.33. The second kappa shape index (κ2) is 6.36. The van der Waals surface area contributed by atoms with Crippen LogP contribution in [0.5, 0.6) is 0 Å². The molecule has 0 unspecified atom stereocenters. The van der Waals surface area contributed by atoms with Gasteiger partial charge in [0.1, 0.15) is 5.00 Å². The molecule has 0 bridgehead atoms. The van der Waals surface area contributed by atoms with Crippen molar-refractivity contribution in [1.82, 2.24) is 9.78 Å². The van der Waals surface area contributed by atoms with E-state index < -0.39 is 23.3 Å². The molecule has 0 saturated carbocycles. The van der Waals surface area contributed by atoms with Crippen molar-refractivity contribution in [1.29, 1.82) is 0 Å². The van der Waals surface area contributed by atoms with Gasteiger partial charge in [-0.05, 0) is 29.5 Å². The summed E-state index contributed by atoms with van der Waals surface area (Å²) in [6.45, 7) is 1.93. The van der Waals surface area contributed by atoms with Crippen LogP contribution in [0.15, 0.2) is 41.9 Å². The number of thiophene rings is 1. The summed E-state index contributed by atoms with van der Waals surface area (Å²) < 4.78 is 40.1. The molecule has 0 spiro atoms. The Hall–Kier alpha value is -2.61. The van der Waals surface area contributed by atoms with Crippen LogP contribution in [0.3, 0.4) is 0 Å². The van der Waals surface area contributed by atoms with E-state index in [1.807, 2.05) is 37.3 Å². The molecule has 4 nitrogen and oxygen atoms in total. The summed E-state index contributed by atoms with van der Waals surface area (Å²) in [5.41, 5.74) is 1.00. The van der Waals surface area contributed by atoms with E-state index in [1.54, 1.807) is 5.38 Å². The van der Waals surface area contributed by atoms with Gasteiger partial charge in [-0.25, -0.2) is 0 Å². The zero-order valence-electron chi connectivity index (χ0n) is 13.4. The number of hydrogen-bond donors (Lipinski definition) is 1. The number of aryl methyl sites for hydroxylation is 2. The van der Waals surface area contributed by atoms with Crippen molar-refractivity contribution >= 4 is 22.2 Å². The highest BCUT2D eigenvalue weighted by Gasteiger charge is 2.39. The van der Waals surface area contributed by atoms with E-state index in [2.05, 4.69) is 10.4 Å². The Morgan fingerprint density at radius 1 is 1.20 bits per heavy atom. The number of amides is 1. The van der Waals surface area contributed by atoms with Crippen LogP contribution in [-0.2, 0) is 13.2 Å². The van der Waals surface area contributed by atoms with E-state index in [1.165, 1.54) is 18.4 Å². The SMILES string of the molecule is Cc1ccccc1-c1ccsc1NC(=O)c1cn(C)nc1C(F)(F)F. The summed E-state index contributed by atoms with van der Waals surface area (Å²) in [7, 11) is 1.34. The summed E-state index contributed by atoms with van der Waals surface area (Å²) in [6, 6.07) is 9.43. The fourth-order valence-corrected chi connectivity index (χ4v) is 3.32. The standard InChI is InChI=1S/C17H14F3N3OS/c1-10-5-3-4-6-11(10)12-7-8-25-16(12)21-15(24)13-9-23(2)22-14(13)17(18,19)20/h3-9H,1-2H3,(H,21,24). The predicted octanol–water partition coefficient (Wildman–Crippen LogP) is 4.73. The van der Waals surface area contributed by atoms with Crippen LogP contribution in [0.1, 0.15) is 21.6 Å². The van der Waals surface area contributed by atoms with Crippen LogP contribution in [0.4, 0.5) is 18.2 Å².